The van der Waals surface area contributed by atoms with E-state index in [0.717, 1.165) is 22.9 Å². The molecule has 0 amide bonds. The van der Waals surface area contributed by atoms with Crippen molar-refractivity contribution in [3.63, 3.8) is 0 Å². The standard InChI is InChI=1S/C6H5ClN4O2S3/c1-3-9-6(15-10-3)11-16(12,13)4-2-8-5(7)14-4/h2H,1H3,(H,9,10,11). The van der Waals surface area contributed by atoms with Crippen LogP contribution < -0.4 is 4.72 Å². The van der Waals surface area contributed by atoms with Crippen LogP contribution in [0.25, 0.3) is 0 Å². The third-order valence-corrected chi connectivity index (χ3v) is 5.24. The van der Waals surface area contributed by atoms with Gasteiger partial charge in [0.1, 0.15) is 5.82 Å². The summed E-state index contributed by atoms with van der Waals surface area (Å²) in [5.74, 6) is 0.519. The van der Waals surface area contributed by atoms with E-state index in [4.69, 9.17) is 11.6 Å². The summed E-state index contributed by atoms with van der Waals surface area (Å²) in [6.45, 7) is 1.68. The first-order chi connectivity index (χ1) is 7.47. The van der Waals surface area contributed by atoms with Gasteiger partial charge >= 0.3 is 0 Å². The number of nitrogens with zero attached hydrogens (tertiary/aromatic N) is 3. The summed E-state index contributed by atoms with van der Waals surface area (Å²) >= 11 is 7.42. The van der Waals surface area contributed by atoms with E-state index in [-0.39, 0.29) is 13.8 Å². The summed E-state index contributed by atoms with van der Waals surface area (Å²) in [6.07, 6.45) is 1.20. The van der Waals surface area contributed by atoms with Gasteiger partial charge in [0.15, 0.2) is 8.68 Å². The van der Waals surface area contributed by atoms with Crippen LogP contribution in [0, 0.1) is 6.92 Å². The van der Waals surface area contributed by atoms with Gasteiger partial charge in [0, 0.05) is 11.5 Å². The molecular weight excluding hydrogens is 292 g/mol. The Hall–Kier alpha value is -0.770. The van der Waals surface area contributed by atoms with Gasteiger partial charge < -0.3 is 0 Å². The fourth-order valence-electron chi connectivity index (χ4n) is 0.867. The van der Waals surface area contributed by atoms with E-state index in [1.54, 1.807) is 6.92 Å². The van der Waals surface area contributed by atoms with Gasteiger partial charge in [0.25, 0.3) is 10.0 Å². The van der Waals surface area contributed by atoms with Crippen molar-refractivity contribution < 1.29 is 8.42 Å². The molecule has 0 bridgehead atoms. The Labute approximate surface area is 105 Å². The van der Waals surface area contributed by atoms with Gasteiger partial charge in [-0.2, -0.15) is 4.37 Å². The zero-order valence-corrected chi connectivity index (χ0v) is 11.0. The van der Waals surface area contributed by atoms with Crippen LogP contribution in [-0.4, -0.2) is 22.8 Å². The lowest BCUT2D eigenvalue weighted by atomic mass is 10.8. The maximum Gasteiger partial charge on any atom is 0.274 e. The van der Waals surface area contributed by atoms with Crippen LogP contribution >= 0.6 is 34.5 Å². The van der Waals surface area contributed by atoms with Gasteiger partial charge in [-0.25, -0.2) is 18.4 Å². The van der Waals surface area contributed by atoms with E-state index in [9.17, 15) is 8.42 Å². The average Bonchev–Trinajstić information content (AvgIpc) is 2.75. The zero-order valence-electron chi connectivity index (χ0n) is 7.84. The van der Waals surface area contributed by atoms with Crippen LogP contribution in [0.3, 0.4) is 0 Å². The Morgan fingerprint density at radius 2 is 2.25 bits per heavy atom. The Bertz CT molecular complexity index is 605. The maximum atomic E-state index is 11.8. The van der Waals surface area contributed by atoms with Crippen molar-refractivity contribution >= 4 is 49.6 Å². The number of sulfonamides is 1. The third-order valence-electron chi connectivity index (χ3n) is 1.47. The molecule has 0 fully saturated rings. The zero-order chi connectivity index (χ0) is 11.8. The Balaban J connectivity index is 2.27. The molecular formula is C6H5ClN4O2S3. The summed E-state index contributed by atoms with van der Waals surface area (Å²) in [4.78, 5) is 7.56. The molecule has 0 saturated carbocycles. The van der Waals surface area contributed by atoms with Crippen molar-refractivity contribution in [2.45, 2.75) is 11.1 Å². The van der Waals surface area contributed by atoms with Crippen LogP contribution in [0.4, 0.5) is 5.13 Å². The first-order valence-corrected chi connectivity index (χ1v) is 7.37. The minimum atomic E-state index is -3.65. The Morgan fingerprint density at radius 1 is 1.50 bits per heavy atom. The minimum Gasteiger partial charge on any atom is -0.253 e. The topological polar surface area (TPSA) is 84.8 Å². The van der Waals surface area contributed by atoms with Crippen LogP contribution in [0.5, 0.6) is 0 Å². The van der Waals surface area contributed by atoms with Crippen LogP contribution in [0.15, 0.2) is 10.4 Å². The molecule has 0 aliphatic heterocycles. The van der Waals surface area contributed by atoms with Crippen LogP contribution in [0.1, 0.15) is 5.82 Å². The highest BCUT2D eigenvalue weighted by Gasteiger charge is 2.19. The fraction of sp³-hybridized carbons (Fsp3) is 0.167. The molecule has 10 heteroatoms. The second kappa shape index (κ2) is 4.24. The quantitative estimate of drug-likeness (QED) is 0.933. The molecule has 0 unspecified atom stereocenters. The van der Waals surface area contributed by atoms with Gasteiger partial charge in [-0.15, -0.1) is 0 Å². The summed E-state index contributed by atoms with van der Waals surface area (Å²) in [7, 11) is -3.65. The van der Waals surface area contributed by atoms with Crippen LogP contribution in [0.2, 0.25) is 4.47 Å². The first-order valence-electron chi connectivity index (χ1n) is 3.92. The van der Waals surface area contributed by atoms with Crippen molar-refractivity contribution in [1.29, 1.82) is 0 Å². The average molecular weight is 297 g/mol. The summed E-state index contributed by atoms with van der Waals surface area (Å²) < 4.78 is 29.9. The number of hydrogen-bond donors (Lipinski definition) is 1. The van der Waals surface area contributed by atoms with Crippen molar-refractivity contribution in [3.05, 3.63) is 16.5 Å². The molecule has 1 N–H and O–H groups in total. The van der Waals surface area contributed by atoms with Gasteiger partial charge in [-0.05, 0) is 6.92 Å². The van der Waals surface area contributed by atoms with Crippen molar-refractivity contribution in [2.75, 3.05) is 4.72 Å². The SMILES string of the molecule is Cc1nsc(NS(=O)(=O)c2cnc(Cl)s2)n1. The van der Waals surface area contributed by atoms with Crippen molar-refractivity contribution in [1.82, 2.24) is 14.3 Å². The van der Waals surface area contributed by atoms with Gasteiger partial charge in [0.05, 0.1) is 6.20 Å². The van der Waals surface area contributed by atoms with E-state index in [2.05, 4.69) is 19.1 Å². The van der Waals surface area contributed by atoms with Crippen molar-refractivity contribution in [2.24, 2.45) is 0 Å². The van der Waals surface area contributed by atoms with E-state index in [0.29, 0.717) is 5.82 Å². The molecule has 2 rings (SSSR count). The smallest absolute Gasteiger partial charge is 0.253 e. The highest BCUT2D eigenvalue weighted by atomic mass is 35.5. The van der Waals surface area contributed by atoms with Gasteiger partial charge in [0.2, 0.25) is 5.13 Å². The van der Waals surface area contributed by atoms with E-state index in [1.165, 1.54) is 6.20 Å². The molecule has 6 nitrogen and oxygen atoms in total. The van der Waals surface area contributed by atoms with E-state index >= 15 is 0 Å². The molecule has 0 saturated heterocycles. The molecule has 2 aromatic rings. The van der Waals surface area contributed by atoms with Crippen LogP contribution in [-0.2, 0) is 10.0 Å². The monoisotopic (exact) mass is 296 g/mol. The molecule has 2 aromatic heterocycles. The molecule has 2 heterocycles. The third kappa shape index (κ3) is 2.48. The summed E-state index contributed by atoms with van der Waals surface area (Å²) in [6, 6.07) is 0. The number of thiazole rings is 1. The van der Waals surface area contributed by atoms with E-state index in [1.807, 2.05) is 0 Å². The number of aryl methyl sites for hydroxylation is 1. The highest BCUT2D eigenvalue weighted by molar-refractivity contribution is 7.94. The lowest BCUT2D eigenvalue weighted by Gasteiger charge is -1.99. The molecule has 0 radical (unpaired) electrons. The largest absolute Gasteiger partial charge is 0.274 e. The first kappa shape index (κ1) is 11.7. The number of halogens is 1. The minimum absolute atomic E-state index is 0.0466. The number of anilines is 1. The predicted molar refractivity (Wildman–Crippen MR) is 62.6 cm³/mol. The highest BCUT2D eigenvalue weighted by Crippen LogP contribution is 2.24. The van der Waals surface area contributed by atoms with Gasteiger partial charge in [-0.1, -0.05) is 22.9 Å². The lowest BCUT2D eigenvalue weighted by Crippen LogP contribution is -2.11. The lowest BCUT2D eigenvalue weighted by molar-refractivity contribution is 0.603. The second-order valence-electron chi connectivity index (χ2n) is 2.68. The normalized spacial score (nSPS) is 11.6. The summed E-state index contributed by atoms with van der Waals surface area (Å²) in [5, 5.41) is 0.224. The van der Waals surface area contributed by atoms with Gasteiger partial charge in [-0.3, -0.25) is 4.72 Å². The molecule has 0 atom stereocenters. The summed E-state index contributed by atoms with van der Waals surface area (Å²) in [5.41, 5.74) is 0. The fourth-order valence-corrected chi connectivity index (χ4v) is 3.96. The predicted octanol–water partition coefficient (Wildman–Crippen LogP) is 1.76. The molecule has 0 spiro atoms. The number of rotatable bonds is 3. The Kier molecular flexibility index (Phi) is 3.10. The molecule has 0 aliphatic carbocycles. The molecule has 86 valence electrons. The number of hydrogen-bond acceptors (Lipinski definition) is 7. The Morgan fingerprint density at radius 3 is 2.75 bits per heavy atom. The molecule has 0 aromatic carbocycles. The second-order valence-corrected chi connectivity index (χ2v) is 6.96. The number of aromatic nitrogens is 3. The van der Waals surface area contributed by atoms with Crippen molar-refractivity contribution in [3.8, 4) is 0 Å². The number of nitrogens with one attached hydrogen (secondary N) is 1. The van der Waals surface area contributed by atoms with E-state index < -0.39 is 10.0 Å². The molecule has 16 heavy (non-hydrogen) atoms. The maximum absolute atomic E-state index is 11.8. The molecule has 0 aliphatic rings.